The summed E-state index contributed by atoms with van der Waals surface area (Å²) < 4.78 is 5.78. The van der Waals surface area contributed by atoms with E-state index in [0.717, 1.165) is 10.0 Å². The number of carbonyl (C=O) groups is 1. The van der Waals surface area contributed by atoms with Gasteiger partial charge in [-0.25, -0.2) is 4.79 Å². The Hall–Kier alpha value is -1.52. The largest absolute Gasteiger partial charge is 0.465 e. The summed E-state index contributed by atoms with van der Waals surface area (Å²) >= 11 is 9.41. The molecule has 0 aliphatic carbocycles. The zero-order valence-electron chi connectivity index (χ0n) is 10.8. The normalized spacial score (nSPS) is 10.2. The molecule has 5 heteroatoms. The lowest BCUT2D eigenvalue weighted by atomic mass is 10.1. The molecular weight excluding hydrogens is 342 g/mol. The Morgan fingerprint density at radius 2 is 2.05 bits per heavy atom. The maximum absolute atomic E-state index is 11.7. The minimum atomic E-state index is -0.415. The van der Waals surface area contributed by atoms with Crippen molar-refractivity contribution >= 4 is 39.2 Å². The van der Waals surface area contributed by atoms with Crippen LogP contribution in [0.4, 0.5) is 5.69 Å². The molecule has 2 rings (SSSR count). The zero-order chi connectivity index (χ0) is 14.5. The van der Waals surface area contributed by atoms with E-state index >= 15 is 0 Å². The highest BCUT2D eigenvalue weighted by atomic mass is 79.9. The van der Waals surface area contributed by atoms with Gasteiger partial charge in [-0.15, -0.1) is 0 Å². The highest BCUT2D eigenvalue weighted by Crippen LogP contribution is 2.23. The number of carbonyl (C=O) groups excluding carboxylic acids is 1. The van der Waals surface area contributed by atoms with Crippen LogP contribution in [0.15, 0.2) is 46.9 Å². The van der Waals surface area contributed by atoms with Crippen LogP contribution < -0.4 is 5.32 Å². The molecule has 0 radical (unpaired) electrons. The van der Waals surface area contributed by atoms with Crippen LogP contribution in [-0.4, -0.2) is 13.1 Å². The second-order valence-corrected chi connectivity index (χ2v) is 5.42. The summed E-state index contributed by atoms with van der Waals surface area (Å²) in [6, 6.07) is 13.0. The highest BCUT2D eigenvalue weighted by molar-refractivity contribution is 9.10. The van der Waals surface area contributed by atoms with Gasteiger partial charge in [-0.05, 0) is 29.8 Å². The fraction of sp³-hybridized carbons (Fsp3) is 0.133. The van der Waals surface area contributed by atoms with Crippen LogP contribution in [0, 0.1) is 0 Å². The third-order valence-corrected chi connectivity index (χ3v) is 3.82. The molecular formula is C15H13BrClNO2. The number of anilines is 1. The Kier molecular flexibility index (Phi) is 5.04. The van der Waals surface area contributed by atoms with Gasteiger partial charge in [0.05, 0.1) is 12.7 Å². The van der Waals surface area contributed by atoms with E-state index in [4.69, 9.17) is 16.3 Å². The van der Waals surface area contributed by atoms with Crippen LogP contribution in [-0.2, 0) is 11.3 Å². The van der Waals surface area contributed by atoms with E-state index in [9.17, 15) is 4.79 Å². The molecule has 20 heavy (non-hydrogen) atoms. The number of rotatable bonds is 4. The minimum absolute atomic E-state index is 0.415. The molecule has 0 fully saturated rings. The van der Waals surface area contributed by atoms with Gasteiger partial charge in [0.15, 0.2) is 0 Å². The lowest BCUT2D eigenvalue weighted by molar-refractivity contribution is 0.0602. The van der Waals surface area contributed by atoms with Gasteiger partial charge >= 0.3 is 5.97 Å². The van der Waals surface area contributed by atoms with Crippen molar-refractivity contribution in [2.45, 2.75) is 6.54 Å². The molecule has 0 heterocycles. The summed E-state index contributed by atoms with van der Waals surface area (Å²) in [6.45, 7) is 0.590. The van der Waals surface area contributed by atoms with Crippen LogP contribution in [0.5, 0.6) is 0 Å². The fourth-order valence-electron chi connectivity index (χ4n) is 1.78. The third kappa shape index (κ3) is 3.52. The van der Waals surface area contributed by atoms with Gasteiger partial charge in [-0.1, -0.05) is 45.7 Å². The lowest BCUT2D eigenvalue weighted by Crippen LogP contribution is -2.08. The van der Waals surface area contributed by atoms with E-state index in [0.29, 0.717) is 22.8 Å². The first-order valence-electron chi connectivity index (χ1n) is 5.97. The van der Waals surface area contributed by atoms with Crippen LogP contribution in [0.3, 0.4) is 0 Å². The van der Waals surface area contributed by atoms with Gasteiger partial charge in [0.2, 0.25) is 0 Å². The Morgan fingerprint density at radius 1 is 1.30 bits per heavy atom. The molecule has 104 valence electrons. The molecule has 0 aromatic heterocycles. The molecule has 0 saturated carbocycles. The number of hydrogen-bond donors (Lipinski definition) is 1. The van der Waals surface area contributed by atoms with Crippen molar-refractivity contribution in [3.63, 3.8) is 0 Å². The molecule has 3 nitrogen and oxygen atoms in total. The molecule has 0 bridgehead atoms. The quantitative estimate of drug-likeness (QED) is 0.822. The van der Waals surface area contributed by atoms with Crippen LogP contribution >= 0.6 is 27.5 Å². The van der Waals surface area contributed by atoms with Gasteiger partial charge in [0, 0.05) is 21.7 Å². The molecule has 0 aliphatic heterocycles. The summed E-state index contributed by atoms with van der Waals surface area (Å²) in [6.07, 6.45) is 0. The zero-order valence-corrected chi connectivity index (χ0v) is 13.2. The van der Waals surface area contributed by atoms with E-state index < -0.39 is 5.97 Å². The molecule has 0 amide bonds. The van der Waals surface area contributed by atoms with Crippen molar-refractivity contribution in [2.24, 2.45) is 0 Å². The van der Waals surface area contributed by atoms with Crippen molar-refractivity contribution in [3.8, 4) is 0 Å². The van der Waals surface area contributed by atoms with E-state index in [1.165, 1.54) is 7.11 Å². The van der Waals surface area contributed by atoms with Crippen LogP contribution in [0.25, 0.3) is 0 Å². The second-order valence-electron chi connectivity index (χ2n) is 4.13. The molecule has 0 spiro atoms. The number of nitrogens with one attached hydrogen (secondary N) is 1. The van der Waals surface area contributed by atoms with Crippen LogP contribution in [0.1, 0.15) is 15.9 Å². The smallest absolute Gasteiger partial charge is 0.340 e. The average Bonchev–Trinajstić information content (AvgIpc) is 2.46. The van der Waals surface area contributed by atoms with E-state index in [1.54, 1.807) is 18.2 Å². The molecule has 0 saturated heterocycles. The SMILES string of the molecule is COC(=O)c1cc(Cl)ccc1NCc1ccccc1Br. The molecule has 1 N–H and O–H groups in total. The van der Waals surface area contributed by atoms with Gasteiger partial charge in [0.1, 0.15) is 0 Å². The highest BCUT2D eigenvalue weighted by Gasteiger charge is 2.12. The van der Waals surface area contributed by atoms with Gasteiger partial charge in [-0.3, -0.25) is 0 Å². The number of esters is 1. The minimum Gasteiger partial charge on any atom is -0.465 e. The molecule has 2 aromatic carbocycles. The number of methoxy groups -OCH3 is 1. The maximum Gasteiger partial charge on any atom is 0.340 e. The Bertz CT molecular complexity index is 631. The standard InChI is InChI=1S/C15H13BrClNO2/c1-20-15(19)12-8-11(17)6-7-14(12)18-9-10-4-2-3-5-13(10)16/h2-8,18H,9H2,1H3. The number of ether oxygens (including phenoxy) is 1. The Labute approximate surface area is 131 Å². The van der Waals surface area contributed by atoms with Gasteiger partial charge in [-0.2, -0.15) is 0 Å². The predicted octanol–water partition coefficient (Wildman–Crippen LogP) is 4.50. The average molecular weight is 355 g/mol. The van der Waals surface area contributed by atoms with Crippen molar-refractivity contribution in [3.05, 3.63) is 63.1 Å². The first-order valence-corrected chi connectivity index (χ1v) is 7.14. The topological polar surface area (TPSA) is 38.3 Å². The molecule has 0 atom stereocenters. The molecule has 0 aliphatic rings. The fourth-order valence-corrected chi connectivity index (χ4v) is 2.38. The summed E-state index contributed by atoms with van der Waals surface area (Å²) in [5.74, 6) is -0.415. The van der Waals surface area contributed by atoms with E-state index in [1.807, 2.05) is 24.3 Å². The van der Waals surface area contributed by atoms with Gasteiger partial charge in [0.25, 0.3) is 0 Å². The number of halogens is 2. The predicted molar refractivity (Wildman–Crippen MR) is 84.3 cm³/mol. The Balaban J connectivity index is 2.21. The summed E-state index contributed by atoms with van der Waals surface area (Å²) in [5.41, 5.74) is 2.21. The summed E-state index contributed by atoms with van der Waals surface area (Å²) in [7, 11) is 1.35. The monoisotopic (exact) mass is 353 g/mol. The van der Waals surface area contributed by atoms with Crippen molar-refractivity contribution in [1.29, 1.82) is 0 Å². The van der Waals surface area contributed by atoms with Gasteiger partial charge < -0.3 is 10.1 Å². The Morgan fingerprint density at radius 3 is 2.75 bits per heavy atom. The first kappa shape index (κ1) is 14.9. The van der Waals surface area contributed by atoms with Crippen molar-refractivity contribution < 1.29 is 9.53 Å². The summed E-state index contributed by atoms with van der Waals surface area (Å²) in [5, 5.41) is 3.72. The van der Waals surface area contributed by atoms with Crippen LogP contribution in [0.2, 0.25) is 5.02 Å². The number of hydrogen-bond acceptors (Lipinski definition) is 3. The first-order chi connectivity index (χ1) is 9.61. The second kappa shape index (κ2) is 6.77. The van der Waals surface area contributed by atoms with E-state index in [2.05, 4.69) is 21.2 Å². The van der Waals surface area contributed by atoms with Crippen molar-refractivity contribution in [1.82, 2.24) is 0 Å². The summed E-state index contributed by atoms with van der Waals surface area (Å²) in [4.78, 5) is 11.7. The molecule has 0 unspecified atom stereocenters. The molecule has 2 aromatic rings. The number of benzene rings is 2. The maximum atomic E-state index is 11.7. The van der Waals surface area contributed by atoms with E-state index in [-0.39, 0.29) is 0 Å². The third-order valence-electron chi connectivity index (χ3n) is 2.81. The lowest BCUT2D eigenvalue weighted by Gasteiger charge is -2.12. The van der Waals surface area contributed by atoms with Crippen molar-refractivity contribution in [2.75, 3.05) is 12.4 Å².